The summed E-state index contributed by atoms with van der Waals surface area (Å²) < 4.78 is 28.4. The van der Waals surface area contributed by atoms with Gasteiger partial charge in [0, 0.05) is 0 Å². The molecule has 0 fully saturated rings. The second-order valence-corrected chi connectivity index (χ2v) is 7.87. The fourth-order valence-electron chi connectivity index (χ4n) is 2.56. The van der Waals surface area contributed by atoms with Gasteiger partial charge in [0.15, 0.2) is 0 Å². The molecule has 24 heavy (non-hydrogen) atoms. The van der Waals surface area contributed by atoms with Crippen LogP contribution in [0, 0.1) is 6.92 Å². The molecule has 1 N–H and O–H groups in total. The van der Waals surface area contributed by atoms with Crippen LogP contribution in [0.15, 0.2) is 23.1 Å². The Bertz CT molecular complexity index is 928. The smallest absolute Gasteiger partial charge is 0.323 e. The zero-order valence-corrected chi connectivity index (χ0v) is 14.7. The van der Waals surface area contributed by atoms with Crippen molar-refractivity contribution in [1.29, 1.82) is 0 Å². The zero-order chi connectivity index (χ0) is 17.6. The maximum atomic E-state index is 13.0. The fraction of sp³-hybridized carbons (Fsp3) is 0.308. The van der Waals surface area contributed by atoms with Crippen LogP contribution in [0.1, 0.15) is 11.6 Å². The van der Waals surface area contributed by atoms with E-state index in [1.54, 1.807) is 11.5 Å². The molecule has 8 nitrogen and oxygen atoms in total. The van der Waals surface area contributed by atoms with E-state index in [4.69, 9.17) is 23.2 Å². The van der Waals surface area contributed by atoms with Crippen LogP contribution < -0.4 is 0 Å². The molecular weight excluding hydrogens is 379 g/mol. The predicted octanol–water partition coefficient (Wildman–Crippen LogP) is 1.55. The van der Waals surface area contributed by atoms with Crippen molar-refractivity contribution in [2.75, 3.05) is 0 Å². The summed E-state index contributed by atoms with van der Waals surface area (Å²) in [6.45, 7) is 1.37. The van der Waals surface area contributed by atoms with Crippen LogP contribution in [-0.2, 0) is 27.9 Å². The summed E-state index contributed by atoms with van der Waals surface area (Å²) in [5, 5.41) is 17.2. The van der Waals surface area contributed by atoms with Gasteiger partial charge in [0.1, 0.15) is 22.6 Å². The van der Waals surface area contributed by atoms with Gasteiger partial charge in [-0.05, 0) is 19.1 Å². The monoisotopic (exact) mass is 390 g/mol. The first-order valence-electron chi connectivity index (χ1n) is 6.81. The van der Waals surface area contributed by atoms with E-state index < -0.39 is 22.0 Å². The Labute approximate surface area is 147 Å². The number of carboxylic acids is 1. The number of nitrogens with zero attached hydrogens (tertiary/aromatic N) is 4. The highest BCUT2D eigenvalue weighted by Gasteiger charge is 2.42. The summed E-state index contributed by atoms with van der Waals surface area (Å²) >= 11 is 11.9. The van der Waals surface area contributed by atoms with E-state index in [-0.39, 0.29) is 28.0 Å². The van der Waals surface area contributed by atoms with Crippen molar-refractivity contribution in [2.24, 2.45) is 0 Å². The number of rotatable bonds is 3. The second kappa shape index (κ2) is 5.99. The average Bonchev–Trinajstić information content (AvgIpc) is 2.89. The molecule has 11 heteroatoms. The van der Waals surface area contributed by atoms with Crippen LogP contribution in [0.5, 0.6) is 0 Å². The number of sulfonamides is 1. The van der Waals surface area contributed by atoms with Crippen molar-refractivity contribution in [3.05, 3.63) is 39.9 Å². The molecule has 1 unspecified atom stereocenters. The lowest BCUT2D eigenvalue weighted by molar-refractivity contribution is -0.142. The molecule has 2 aromatic rings. The van der Waals surface area contributed by atoms with Crippen LogP contribution in [0.4, 0.5) is 0 Å². The average molecular weight is 391 g/mol. The van der Waals surface area contributed by atoms with Gasteiger partial charge in [0.2, 0.25) is 10.0 Å². The number of halogens is 2. The Balaban J connectivity index is 2.12. The van der Waals surface area contributed by atoms with Gasteiger partial charge in [-0.15, -0.1) is 10.2 Å². The number of carboxylic acid groups (broad SMARTS) is 1. The molecule has 1 aliphatic heterocycles. The van der Waals surface area contributed by atoms with Gasteiger partial charge in [-0.1, -0.05) is 29.3 Å². The minimum atomic E-state index is -4.19. The number of hydrogen-bond acceptors (Lipinski definition) is 5. The molecule has 2 heterocycles. The first-order valence-corrected chi connectivity index (χ1v) is 9.00. The van der Waals surface area contributed by atoms with E-state index in [2.05, 4.69) is 10.2 Å². The molecular formula is C13H12Cl2N4O4S. The molecule has 1 aromatic heterocycles. The Hall–Kier alpha value is -1.68. The Morgan fingerprint density at radius 3 is 2.71 bits per heavy atom. The maximum Gasteiger partial charge on any atom is 0.323 e. The van der Waals surface area contributed by atoms with E-state index in [0.29, 0.717) is 11.6 Å². The molecule has 1 atom stereocenters. The maximum absolute atomic E-state index is 13.0. The lowest BCUT2D eigenvalue weighted by Gasteiger charge is -2.32. The highest BCUT2D eigenvalue weighted by atomic mass is 35.5. The van der Waals surface area contributed by atoms with Gasteiger partial charge >= 0.3 is 5.97 Å². The standard InChI is InChI=1S/C13H12Cl2N4O4S/c1-7-16-17-11-6-19(9(13(20)21)5-18(7)11)24(22,23)10-4-2-3-8(14)12(10)15/h2-4,9H,5-6H2,1H3,(H,20,21). The highest BCUT2D eigenvalue weighted by molar-refractivity contribution is 7.89. The molecule has 0 bridgehead atoms. The number of hydrogen-bond donors (Lipinski definition) is 1. The van der Waals surface area contributed by atoms with Crippen LogP contribution in [0.3, 0.4) is 0 Å². The molecule has 0 saturated carbocycles. The van der Waals surface area contributed by atoms with Crippen molar-refractivity contribution >= 4 is 39.2 Å². The van der Waals surface area contributed by atoms with E-state index in [1.807, 2.05) is 0 Å². The zero-order valence-electron chi connectivity index (χ0n) is 12.3. The molecule has 128 valence electrons. The lowest BCUT2D eigenvalue weighted by atomic mass is 10.2. The van der Waals surface area contributed by atoms with Crippen LogP contribution in [0.2, 0.25) is 10.0 Å². The predicted molar refractivity (Wildman–Crippen MR) is 85.4 cm³/mol. The van der Waals surface area contributed by atoms with Crippen LogP contribution >= 0.6 is 23.2 Å². The second-order valence-electron chi connectivity index (χ2n) is 5.23. The Kier molecular flexibility index (Phi) is 4.28. The molecule has 1 aromatic carbocycles. The van der Waals surface area contributed by atoms with Crippen molar-refractivity contribution < 1.29 is 18.3 Å². The Morgan fingerprint density at radius 2 is 2.04 bits per heavy atom. The third kappa shape index (κ3) is 2.67. The summed E-state index contributed by atoms with van der Waals surface area (Å²) in [6, 6.07) is 2.88. The fourth-order valence-corrected chi connectivity index (χ4v) is 4.82. The van der Waals surface area contributed by atoms with Gasteiger partial charge in [0.25, 0.3) is 0 Å². The normalized spacial score (nSPS) is 18.4. The van der Waals surface area contributed by atoms with Crippen LogP contribution in [-0.4, -0.2) is 44.6 Å². The molecule has 0 aliphatic carbocycles. The van der Waals surface area contributed by atoms with Crippen LogP contribution in [0.25, 0.3) is 0 Å². The third-order valence-corrected chi connectivity index (χ3v) is 6.63. The van der Waals surface area contributed by atoms with Crippen molar-refractivity contribution in [2.45, 2.75) is 31.0 Å². The van der Waals surface area contributed by atoms with Gasteiger partial charge < -0.3 is 9.67 Å². The van der Waals surface area contributed by atoms with Crippen molar-refractivity contribution in [1.82, 2.24) is 19.1 Å². The number of aliphatic carboxylic acids is 1. The number of aromatic nitrogens is 3. The van der Waals surface area contributed by atoms with Crippen molar-refractivity contribution in [3.8, 4) is 0 Å². The SMILES string of the molecule is Cc1nnc2n1CC(C(=O)O)N(S(=O)(=O)c1cccc(Cl)c1Cl)C2. The van der Waals surface area contributed by atoms with Gasteiger partial charge in [0.05, 0.1) is 23.1 Å². The summed E-state index contributed by atoms with van der Waals surface area (Å²) in [5.74, 6) is -0.378. The number of aryl methyl sites for hydroxylation is 1. The minimum Gasteiger partial charge on any atom is -0.480 e. The molecule has 0 saturated heterocycles. The summed E-state index contributed by atoms with van der Waals surface area (Å²) in [5.41, 5.74) is 0. The first-order chi connectivity index (χ1) is 11.2. The number of carbonyl (C=O) groups is 1. The number of fused-ring (bicyclic) bond motifs is 1. The molecule has 1 aliphatic rings. The van der Waals surface area contributed by atoms with Gasteiger partial charge in [-0.3, -0.25) is 4.79 Å². The molecule has 0 radical (unpaired) electrons. The Morgan fingerprint density at radius 1 is 1.33 bits per heavy atom. The number of benzene rings is 1. The quantitative estimate of drug-likeness (QED) is 0.851. The van der Waals surface area contributed by atoms with Gasteiger partial charge in [-0.2, -0.15) is 4.31 Å². The van der Waals surface area contributed by atoms with E-state index in [0.717, 1.165) is 4.31 Å². The summed E-state index contributed by atoms with van der Waals surface area (Å²) in [6.07, 6.45) is 0. The first kappa shape index (κ1) is 17.2. The van der Waals surface area contributed by atoms with E-state index >= 15 is 0 Å². The topological polar surface area (TPSA) is 105 Å². The minimum absolute atomic E-state index is 0.0700. The summed E-state index contributed by atoms with van der Waals surface area (Å²) in [4.78, 5) is 11.4. The van der Waals surface area contributed by atoms with Crippen molar-refractivity contribution in [3.63, 3.8) is 0 Å². The third-order valence-electron chi connectivity index (χ3n) is 3.80. The molecule has 0 amide bonds. The lowest BCUT2D eigenvalue weighted by Crippen LogP contribution is -2.50. The summed E-state index contributed by atoms with van der Waals surface area (Å²) in [7, 11) is -4.19. The van der Waals surface area contributed by atoms with E-state index in [1.165, 1.54) is 18.2 Å². The molecule has 3 rings (SSSR count). The van der Waals surface area contributed by atoms with E-state index in [9.17, 15) is 18.3 Å². The van der Waals surface area contributed by atoms with Gasteiger partial charge in [-0.25, -0.2) is 8.42 Å². The largest absolute Gasteiger partial charge is 0.480 e. The molecule has 0 spiro atoms. The highest BCUT2D eigenvalue weighted by Crippen LogP contribution is 2.33.